The number of alkyl halides is 1. The summed E-state index contributed by atoms with van der Waals surface area (Å²) in [4.78, 5) is 0.278. The van der Waals surface area contributed by atoms with Crippen molar-refractivity contribution in [3.05, 3.63) is 37.5 Å². The van der Waals surface area contributed by atoms with Crippen LogP contribution in [0.4, 0.5) is 0 Å². The molecule has 1 unspecified atom stereocenters. The van der Waals surface area contributed by atoms with E-state index in [0.29, 0.717) is 0 Å². The maximum Gasteiger partial charge on any atom is 0.0506 e. The Kier molecular flexibility index (Phi) is 4.67. The van der Waals surface area contributed by atoms with Gasteiger partial charge in [-0.05, 0) is 0 Å². The molecule has 0 spiro atoms. The highest BCUT2D eigenvalue weighted by molar-refractivity contribution is 9.09. The molecule has 0 saturated carbocycles. The number of rotatable bonds is 3. The molecule has 0 radical (unpaired) electrons. The van der Waals surface area contributed by atoms with Crippen molar-refractivity contribution in [3.63, 3.8) is 0 Å². The molecule has 1 atom stereocenters. The summed E-state index contributed by atoms with van der Waals surface area (Å²) in [6.45, 7) is 7.11. The van der Waals surface area contributed by atoms with Gasteiger partial charge in [0.15, 0.2) is 0 Å². The Bertz CT molecular complexity index is 103. The molecule has 0 saturated heterocycles. The second-order valence-electron chi connectivity index (χ2n) is 1.30. The van der Waals surface area contributed by atoms with E-state index in [0.717, 1.165) is 0 Å². The lowest BCUT2D eigenvalue weighted by Gasteiger charge is -1.88. The molecule has 0 nitrogen and oxygen atoms in total. The average molecular weight is 173 g/mol. The van der Waals surface area contributed by atoms with E-state index in [2.05, 4.69) is 29.1 Å². The molecule has 1 heteroatoms. The van der Waals surface area contributed by atoms with E-state index in [1.165, 1.54) is 0 Å². The van der Waals surface area contributed by atoms with Gasteiger partial charge in [0.05, 0.1) is 4.83 Å². The molecule has 0 aromatic carbocycles. The molecule has 0 aliphatic heterocycles. The molecule has 0 fully saturated rings. The maximum atomic E-state index is 3.58. The van der Waals surface area contributed by atoms with Crippen molar-refractivity contribution >= 4 is 15.9 Å². The molecule has 0 aromatic rings. The van der Waals surface area contributed by atoms with Crippen LogP contribution >= 0.6 is 15.9 Å². The summed E-state index contributed by atoms with van der Waals surface area (Å²) in [6.07, 6.45) is 7.37. The van der Waals surface area contributed by atoms with Gasteiger partial charge in [-0.15, -0.1) is 6.58 Å². The molecular weight excluding hydrogens is 164 g/mol. The first-order valence-corrected chi connectivity index (χ1v) is 3.28. The largest absolute Gasteiger partial charge is 0.102 e. The van der Waals surface area contributed by atoms with Crippen molar-refractivity contribution in [2.45, 2.75) is 4.83 Å². The first-order chi connectivity index (χ1) is 3.81. The van der Waals surface area contributed by atoms with Crippen LogP contribution in [-0.2, 0) is 0 Å². The van der Waals surface area contributed by atoms with E-state index in [9.17, 15) is 0 Å². The summed E-state index contributed by atoms with van der Waals surface area (Å²) in [5.41, 5.74) is 0. The van der Waals surface area contributed by atoms with Crippen molar-refractivity contribution in [2.24, 2.45) is 0 Å². The molecular formula is C7H9Br. The monoisotopic (exact) mass is 172 g/mol. The Morgan fingerprint density at radius 1 is 1.38 bits per heavy atom. The van der Waals surface area contributed by atoms with Crippen molar-refractivity contribution < 1.29 is 0 Å². The van der Waals surface area contributed by atoms with Crippen molar-refractivity contribution in [3.8, 4) is 0 Å². The molecule has 0 bridgehead atoms. The van der Waals surface area contributed by atoms with Gasteiger partial charge in [-0.1, -0.05) is 46.8 Å². The minimum absolute atomic E-state index is 0.278. The Balaban J connectivity index is 3.50. The molecule has 0 aliphatic rings. The van der Waals surface area contributed by atoms with Crippen LogP contribution in [0.1, 0.15) is 0 Å². The minimum atomic E-state index is 0.278. The van der Waals surface area contributed by atoms with Gasteiger partial charge in [0.25, 0.3) is 0 Å². The van der Waals surface area contributed by atoms with E-state index in [-0.39, 0.29) is 4.83 Å². The van der Waals surface area contributed by atoms with Crippen molar-refractivity contribution in [2.75, 3.05) is 0 Å². The fraction of sp³-hybridized carbons (Fsp3) is 0.143. The minimum Gasteiger partial charge on any atom is -0.102 e. The zero-order valence-electron chi connectivity index (χ0n) is 4.68. The summed E-state index contributed by atoms with van der Waals surface area (Å²) in [5.74, 6) is 0. The van der Waals surface area contributed by atoms with Crippen LogP contribution in [0, 0.1) is 0 Å². The van der Waals surface area contributed by atoms with Gasteiger partial charge in [-0.3, -0.25) is 0 Å². The normalized spacial score (nSPS) is 13.6. The first-order valence-electron chi connectivity index (χ1n) is 2.37. The summed E-state index contributed by atoms with van der Waals surface area (Å²) >= 11 is 3.33. The highest BCUT2D eigenvalue weighted by Gasteiger charge is 1.84. The van der Waals surface area contributed by atoms with Crippen molar-refractivity contribution in [1.82, 2.24) is 0 Å². The van der Waals surface area contributed by atoms with Gasteiger partial charge >= 0.3 is 0 Å². The summed E-state index contributed by atoms with van der Waals surface area (Å²) in [5, 5.41) is 0. The van der Waals surface area contributed by atoms with Crippen LogP contribution in [0.15, 0.2) is 37.5 Å². The number of hydrogen-bond acceptors (Lipinski definition) is 0. The van der Waals surface area contributed by atoms with Crippen LogP contribution < -0.4 is 0 Å². The third kappa shape index (κ3) is 3.88. The molecule has 44 valence electrons. The summed E-state index contributed by atoms with van der Waals surface area (Å²) in [6, 6.07) is 0. The van der Waals surface area contributed by atoms with Crippen LogP contribution in [0.5, 0.6) is 0 Å². The topological polar surface area (TPSA) is 0 Å². The van der Waals surface area contributed by atoms with E-state index < -0.39 is 0 Å². The van der Waals surface area contributed by atoms with E-state index in [1.54, 1.807) is 12.2 Å². The predicted octanol–water partition coefficient (Wildman–Crippen LogP) is 2.68. The molecule has 0 rings (SSSR count). The lowest BCUT2D eigenvalue weighted by molar-refractivity contribution is 1.46. The fourth-order valence-electron chi connectivity index (χ4n) is 0.263. The molecule has 0 amide bonds. The fourth-order valence-corrected chi connectivity index (χ4v) is 0.440. The predicted molar refractivity (Wildman–Crippen MR) is 42.2 cm³/mol. The highest BCUT2D eigenvalue weighted by atomic mass is 79.9. The number of allylic oxidation sites excluding steroid dienone is 4. The highest BCUT2D eigenvalue weighted by Crippen LogP contribution is 2.00. The van der Waals surface area contributed by atoms with Crippen molar-refractivity contribution in [1.29, 1.82) is 0 Å². The number of halogens is 1. The van der Waals surface area contributed by atoms with E-state index in [1.807, 2.05) is 12.2 Å². The zero-order valence-corrected chi connectivity index (χ0v) is 6.26. The van der Waals surface area contributed by atoms with Crippen LogP contribution in [0.2, 0.25) is 0 Å². The van der Waals surface area contributed by atoms with Gasteiger partial charge in [0.2, 0.25) is 0 Å². The van der Waals surface area contributed by atoms with Gasteiger partial charge in [0, 0.05) is 0 Å². The standard InChI is InChI=1S/C7H9Br/c1-3-5-6-7(8)4-2/h3-7H,1-2H2/b6-5+. The lowest BCUT2D eigenvalue weighted by atomic mass is 10.4. The summed E-state index contributed by atoms with van der Waals surface area (Å²) in [7, 11) is 0. The first kappa shape index (κ1) is 7.70. The maximum absolute atomic E-state index is 3.58. The third-order valence-electron chi connectivity index (χ3n) is 0.656. The molecule has 0 heterocycles. The van der Waals surface area contributed by atoms with Crippen LogP contribution in [-0.4, -0.2) is 4.83 Å². The van der Waals surface area contributed by atoms with Gasteiger partial charge in [-0.2, -0.15) is 0 Å². The van der Waals surface area contributed by atoms with E-state index >= 15 is 0 Å². The number of hydrogen-bond donors (Lipinski definition) is 0. The van der Waals surface area contributed by atoms with Gasteiger partial charge in [-0.25, -0.2) is 0 Å². The Hall–Kier alpha value is -0.300. The lowest BCUT2D eigenvalue weighted by Crippen LogP contribution is -1.80. The quantitative estimate of drug-likeness (QED) is 0.349. The molecule has 0 N–H and O–H groups in total. The molecule has 8 heavy (non-hydrogen) atoms. The van der Waals surface area contributed by atoms with Gasteiger partial charge < -0.3 is 0 Å². The second kappa shape index (κ2) is 4.85. The Morgan fingerprint density at radius 3 is 2.38 bits per heavy atom. The smallest absolute Gasteiger partial charge is 0.0506 e. The molecule has 0 aliphatic carbocycles. The third-order valence-corrected chi connectivity index (χ3v) is 1.34. The van der Waals surface area contributed by atoms with Crippen LogP contribution in [0.25, 0.3) is 0 Å². The molecule has 0 aromatic heterocycles. The summed E-state index contributed by atoms with van der Waals surface area (Å²) < 4.78 is 0. The van der Waals surface area contributed by atoms with Gasteiger partial charge in [0.1, 0.15) is 0 Å². The Labute approximate surface area is 58.7 Å². The SMILES string of the molecule is C=C/C=C/C(Br)C=C. The zero-order chi connectivity index (χ0) is 6.41. The average Bonchev–Trinajstić information content (AvgIpc) is 1.83. The Morgan fingerprint density at radius 2 is 2.00 bits per heavy atom. The second-order valence-corrected chi connectivity index (χ2v) is 2.36. The van der Waals surface area contributed by atoms with E-state index in [4.69, 9.17) is 0 Å². The van der Waals surface area contributed by atoms with Crippen LogP contribution in [0.3, 0.4) is 0 Å².